The minimum Gasteiger partial charge on any atom is -0.240 e. The normalized spacial score (nSPS) is 31.5. The first-order chi connectivity index (χ1) is 5.74. The molecular formula is C7H8N4S. The third-order valence-electron chi connectivity index (χ3n) is 1.72. The van der Waals surface area contributed by atoms with E-state index in [-0.39, 0.29) is 0 Å². The maximum Gasteiger partial charge on any atom is 0.242 e. The lowest BCUT2D eigenvalue weighted by Gasteiger charge is -2.18. The van der Waals surface area contributed by atoms with Crippen molar-refractivity contribution in [3.63, 3.8) is 0 Å². The smallest absolute Gasteiger partial charge is 0.240 e. The molecule has 0 aromatic carbocycles. The second-order valence-corrected chi connectivity index (χ2v) is 3.16. The van der Waals surface area contributed by atoms with E-state index in [0.29, 0.717) is 5.71 Å². The summed E-state index contributed by atoms with van der Waals surface area (Å²) >= 11 is 4.31. The van der Waals surface area contributed by atoms with Gasteiger partial charge in [0.15, 0.2) is 0 Å². The van der Waals surface area contributed by atoms with E-state index in [4.69, 9.17) is 0 Å². The van der Waals surface area contributed by atoms with Crippen LogP contribution in [-0.2, 0) is 0 Å². The lowest BCUT2D eigenvalue weighted by atomic mass is 10.3. The molecule has 2 aliphatic rings. The molecule has 0 saturated carbocycles. The highest BCUT2D eigenvalue weighted by Crippen LogP contribution is 2.26. The monoisotopic (exact) mass is 180 g/mol. The molecule has 12 heavy (non-hydrogen) atoms. The molecule has 1 unspecified atom stereocenters. The average molecular weight is 180 g/mol. The average Bonchev–Trinajstić information content (AvgIpc) is 2.44. The topological polar surface area (TPSA) is 49.4 Å². The highest BCUT2D eigenvalue weighted by Gasteiger charge is 2.34. The van der Waals surface area contributed by atoms with Crippen LogP contribution in [0.15, 0.2) is 20.0 Å². The number of amidine groups is 1. The molecule has 4 nitrogen and oxygen atoms in total. The van der Waals surface area contributed by atoms with Gasteiger partial charge in [-0.15, -0.1) is 12.6 Å². The SMILES string of the molecule is CCC1=NC2(S)N=CN=C2C=N1. The van der Waals surface area contributed by atoms with Gasteiger partial charge in [-0.1, -0.05) is 6.92 Å². The molecule has 0 aliphatic carbocycles. The van der Waals surface area contributed by atoms with Crippen LogP contribution in [0.5, 0.6) is 0 Å². The third-order valence-corrected chi connectivity index (χ3v) is 2.16. The zero-order chi connectivity index (χ0) is 8.60. The van der Waals surface area contributed by atoms with Crippen molar-refractivity contribution in [3.05, 3.63) is 0 Å². The number of thiol groups is 1. The fourth-order valence-electron chi connectivity index (χ4n) is 1.05. The summed E-state index contributed by atoms with van der Waals surface area (Å²) in [6, 6.07) is 0. The van der Waals surface area contributed by atoms with Gasteiger partial charge < -0.3 is 0 Å². The first-order valence-electron chi connectivity index (χ1n) is 3.72. The summed E-state index contributed by atoms with van der Waals surface area (Å²) in [6.45, 7) is 1.99. The molecule has 62 valence electrons. The van der Waals surface area contributed by atoms with Gasteiger partial charge in [0, 0.05) is 6.42 Å². The highest BCUT2D eigenvalue weighted by atomic mass is 32.1. The first kappa shape index (κ1) is 7.67. The number of rotatable bonds is 1. The van der Waals surface area contributed by atoms with E-state index in [9.17, 15) is 0 Å². The van der Waals surface area contributed by atoms with Gasteiger partial charge in [0.05, 0.1) is 6.21 Å². The predicted octanol–water partition coefficient (Wildman–Crippen LogP) is 0.946. The molecule has 0 radical (unpaired) electrons. The summed E-state index contributed by atoms with van der Waals surface area (Å²) in [4.78, 5) is 15.6. The molecule has 5 heteroatoms. The van der Waals surface area contributed by atoms with Gasteiger partial charge in [-0.2, -0.15) is 0 Å². The van der Waals surface area contributed by atoms with Crippen molar-refractivity contribution in [2.45, 2.75) is 18.3 Å². The van der Waals surface area contributed by atoms with Gasteiger partial charge in [-0.05, 0) is 0 Å². The Morgan fingerprint density at radius 1 is 1.58 bits per heavy atom. The van der Waals surface area contributed by atoms with Crippen molar-refractivity contribution >= 4 is 36.7 Å². The van der Waals surface area contributed by atoms with Crippen LogP contribution < -0.4 is 0 Å². The fourth-order valence-corrected chi connectivity index (χ4v) is 1.33. The van der Waals surface area contributed by atoms with E-state index in [0.717, 1.165) is 12.3 Å². The van der Waals surface area contributed by atoms with Gasteiger partial charge in [0.25, 0.3) is 0 Å². The predicted molar refractivity (Wildman–Crippen MR) is 53.9 cm³/mol. The van der Waals surface area contributed by atoms with Crippen molar-refractivity contribution in [1.29, 1.82) is 0 Å². The van der Waals surface area contributed by atoms with Crippen molar-refractivity contribution in [3.8, 4) is 0 Å². The minimum atomic E-state index is -0.785. The maximum absolute atomic E-state index is 4.31. The molecule has 0 N–H and O–H groups in total. The van der Waals surface area contributed by atoms with Crippen LogP contribution in [0.2, 0.25) is 0 Å². The highest BCUT2D eigenvalue weighted by molar-refractivity contribution is 7.83. The molecule has 2 aliphatic heterocycles. The molecule has 0 spiro atoms. The molecule has 0 aromatic heterocycles. The van der Waals surface area contributed by atoms with Gasteiger partial charge in [0.1, 0.15) is 17.9 Å². The fraction of sp³-hybridized carbons (Fsp3) is 0.429. The number of hydrogen-bond acceptors (Lipinski definition) is 5. The Kier molecular flexibility index (Phi) is 1.61. The van der Waals surface area contributed by atoms with Crippen molar-refractivity contribution in [2.24, 2.45) is 20.0 Å². The molecule has 0 amide bonds. The Bertz CT molecular complexity index is 328. The van der Waals surface area contributed by atoms with Crippen LogP contribution in [0.4, 0.5) is 0 Å². The molecule has 2 rings (SSSR count). The number of fused-ring (bicyclic) bond motifs is 1. The van der Waals surface area contributed by atoms with Gasteiger partial charge in [0.2, 0.25) is 4.99 Å². The van der Waals surface area contributed by atoms with E-state index in [2.05, 4.69) is 32.6 Å². The summed E-state index contributed by atoms with van der Waals surface area (Å²) in [5.41, 5.74) is 0.697. The number of nitrogens with zero attached hydrogens (tertiary/aromatic N) is 4. The zero-order valence-corrected chi connectivity index (χ0v) is 7.49. The van der Waals surface area contributed by atoms with Crippen LogP contribution in [0.1, 0.15) is 13.3 Å². The van der Waals surface area contributed by atoms with Crippen LogP contribution in [-0.4, -0.2) is 29.1 Å². The lowest BCUT2D eigenvalue weighted by Crippen LogP contribution is -2.31. The van der Waals surface area contributed by atoms with Gasteiger partial charge in [-0.3, -0.25) is 0 Å². The molecule has 0 fully saturated rings. The second kappa shape index (κ2) is 2.52. The zero-order valence-electron chi connectivity index (χ0n) is 6.60. The van der Waals surface area contributed by atoms with E-state index in [1.54, 1.807) is 6.21 Å². The standard InChI is InChI=1S/C7H8N4S/c1-2-6-8-3-5-7(12,11-6)10-4-9-5/h3-4,12H,2H2,1H3. The molecule has 1 atom stereocenters. The number of hydrogen-bond donors (Lipinski definition) is 1. The molecule has 0 saturated heterocycles. The summed E-state index contributed by atoms with van der Waals surface area (Å²) in [5, 5.41) is 0. The molecule has 2 heterocycles. The Morgan fingerprint density at radius 3 is 3.17 bits per heavy atom. The van der Waals surface area contributed by atoms with Gasteiger partial charge in [-0.25, -0.2) is 20.0 Å². The summed E-state index contributed by atoms with van der Waals surface area (Å²) < 4.78 is 0. The Balaban J connectivity index is 2.41. The quantitative estimate of drug-likeness (QED) is 0.584. The van der Waals surface area contributed by atoms with Crippen LogP contribution in [0, 0.1) is 0 Å². The van der Waals surface area contributed by atoms with Gasteiger partial charge >= 0.3 is 0 Å². The Labute approximate surface area is 75.7 Å². The van der Waals surface area contributed by atoms with Crippen LogP contribution >= 0.6 is 12.6 Å². The van der Waals surface area contributed by atoms with E-state index >= 15 is 0 Å². The lowest BCUT2D eigenvalue weighted by molar-refractivity contribution is 0.872. The maximum atomic E-state index is 4.31. The molecule has 0 bridgehead atoms. The first-order valence-corrected chi connectivity index (χ1v) is 4.16. The molecule has 0 aromatic rings. The van der Waals surface area contributed by atoms with Crippen LogP contribution in [0.25, 0.3) is 0 Å². The minimum absolute atomic E-state index is 0.697. The number of aliphatic imine (C=N–C) groups is 4. The van der Waals surface area contributed by atoms with E-state index in [1.165, 1.54) is 6.34 Å². The third kappa shape index (κ3) is 1.01. The second-order valence-electron chi connectivity index (χ2n) is 2.53. The summed E-state index contributed by atoms with van der Waals surface area (Å²) in [5.74, 6) is 0.767. The van der Waals surface area contributed by atoms with E-state index in [1.807, 2.05) is 6.92 Å². The van der Waals surface area contributed by atoms with Crippen molar-refractivity contribution in [2.75, 3.05) is 0 Å². The Morgan fingerprint density at radius 2 is 2.42 bits per heavy atom. The largest absolute Gasteiger partial charge is 0.242 e. The summed E-state index contributed by atoms with van der Waals surface area (Å²) in [7, 11) is 0. The van der Waals surface area contributed by atoms with Crippen LogP contribution in [0.3, 0.4) is 0 Å². The summed E-state index contributed by atoms with van der Waals surface area (Å²) in [6.07, 6.45) is 3.93. The van der Waals surface area contributed by atoms with Crippen molar-refractivity contribution in [1.82, 2.24) is 0 Å². The molecular weight excluding hydrogens is 172 g/mol. The Hall–Kier alpha value is -0.970. The van der Waals surface area contributed by atoms with E-state index < -0.39 is 4.99 Å². The van der Waals surface area contributed by atoms with Crippen molar-refractivity contribution < 1.29 is 0 Å².